The van der Waals surface area contributed by atoms with Gasteiger partial charge in [-0.15, -0.1) is 0 Å². The molecule has 0 bridgehead atoms. The number of ether oxygens (including phenoxy) is 1. The van der Waals surface area contributed by atoms with Crippen molar-refractivity contribution in [3.05, 3.63) is 23.2 Å². The van der Waals surface area contributed by atoms with Crippen LogP contribution in [0.5, 0.6) is 5.75 Å². The zero-order valence-corrected chi connectivity index (χ0v) is 10.6. The van der Waals surface area contributed by atoms with E-state index >= 15 is 0 Å². The molecule has 90 valence electrons. The van der Waals surface area contributed by atoms with Crippen LogP contribution in [0.25, 0.3) is 0 Å². The van der Waals surface area contributed by atoms with Crippen LogP contribution in [0.2, 0.25) is 5.02 Å². The van der Waals surface area contributed by atoms with Gasteiger partial charge in [0, 0.05) is 12.2 Å². The van der Waals surface area contributed by atoms with Gasteiger partial charge in [-0.05, 0) is 38.5 Å². The van der Waals surface area contributed by atoms with E-state index in [1.165, 1.54) is 0 Å². The molecule has 0 fully saturated rings. The zero-order chi connectivity index (χ0) is 12.2. The van der Waals surface area contributed by atoms with Crippen molar-refractivity contribution >= 4 is 17.3 Å². The van der Waals surface area contributed by atoms with Crippen molar-refractivity contribution in [3.8, 4) is 5.75 Å². The molecule has 4 heteroatoms. The molecule has 0 aliphatic carbocycles. The van der Waals surface area contributed by atoms with E-state index in [1.807, 2.05) is 18.2 Å². The van der Waals surface area contributed by atoms with E-state index in [4.69, 9.17) is 16.3 Å². The lowest BCUT2D eigenvalue weighted by molar-refractivity contribution is 0.0749. The Bertz CT molecular complexity index is 347. The van der Waals surface area contributed by atoms with Crippen LogP contribution < -0.4 is 10.1 Å². The quantitative estimate of drug-likeness (QED) is 0.836. The lowest BCUT2D eigenvalue weighted by atomic mass is 10.1. The molecule has 1 aromatic carbocycles. The predicted molar refractivity (Wildman–Crippen MR) is 67.4 cm³/mol. The summed E-state index contributed by atoms with van der Waals surface area (Å²) in [6, 6.07) is 5.52. The van der Waals surface area contributed by atoms with Gasteiger partial charge in [-0.3, -0.25) is 0 Å². The number of nitrogens with one attached hydrogen (secondary N) is 1. The molecule has 0 aliphatic rings. The molecule has 0 aromatic heterocycles. The fraction of sp³-hybridized carbons (Fsp3) is 0.500. The molecule has 0 radical (unpaired) electrons. The van der Waals surface area contributed by atoms with E-state index in [1.54, 1.807) is 21.0 Å². The molecule has 0 heterocycles. The van der Waals surface area contributed by atoms with E-state index in [9.17, 15) is 5.11 Å². The monoisotopic (exact) mass is 243 g/mol. The van der Waals surface area contributed by atoms with Gasteiger partial charge in [-0.25, -0.2) is 0 Å². The first kappa shape index (κ1) is 13.1. The largest absolute Gasteiger partial charge is 0.495 e. The minimum atomic E-state index is -0.650. The summed E-state index contributed by atoms with van der Waals surface area (Å²) in [6.07, 6.45) is 0.677. The SMILES string of the molecule is COc1ccc(NCCC(C)(C)O)cc1Cl. The molecule has 0 aliphatic heterocycles. The first-order chi connectivity index (χ1) is 7.42. The highest BCUT2D eigenvalue weighted by molar-refractivity contribution is 6.32. The summed E-state index contributed by atoms with van der Waals surface area (Å²) < 4.78 is 5.06. The molecule has 0 spiro atoms. The van der Waals surface area contributed by atoms with Crippen molar-refractivity contribution < 1.29 is 9.84 Å². The van der Waals surface area contributed by atoms with Gasteiger partial charge in [-0.1, -0.05) is 11.6 Å². The third-order valence-corrected chi connectivity index (χ3v) is 2.51. The number of hydrogen-bond donors (Lipinski definition) is 2. The van der Waals surface area contributed by atoms with Crippen LogP contribution in [-0.4, -0.2) is 24.4 Å². The molecular weight excluding hydrogens is 226 g/mol. The average molecular weight is 244 g/mol. The molecule has 0 saturated heterocycles. The smallest absolute Gasteiger partial charge is 0.137 e. The van der Waals surface area contributed by atoms with Gasteiger partial charge < -0.3 is 15.2 Å². The third-order valence-electron chi connectivity index (χ3n) is 2.22. The molecule has 0 saturated carbocycles. The Balaban J connectivity index is 2.52. The van der Waals surface area contributed by atoms with E-state index in [-0.39, 0.29) is 0 Å². The van der Waals surface area contributed by atoms with Gasteiger partial charge >= 0.3 is 0 Å². The predicted octanol–water partition coefficient (Wildman–Crippen LogP) is 2.92. The summed E-state index contributed by atoms with van der Waals surface area (Å²) in [5, 5.41) is 13.3. The Hall–Kier alpha value is -0.930. The number of rotatable bonds is 5. The molecule has 0 atom stereocenters. The van der Waals surface area contributed by atoms with Crippen molar-refractivity contribution in [2.75, 3.05) is 19.0 Å². The summed E-state index contributed by atoms with van der Waals surface area (Å²) in [5.41, 5.74) is 0.276. The summed E-state index contributed by atoms with van der Waals surface area (Å²) in [4.78, 5) is 0. The molecular formula is C12H18ClNO2. The Kier molecular flexibility index (Phi) is 4.44. The lowest BCUT2D eigenvalue weighted by Gasteiger charge is -2.17. The molecule has 2 N–H and O–H groups in total. The van der Waals surface area contributed by atoms with Crippen molar-refractivity contribution in [2.45, 2.75) is 25.9 Å². The van der Waals surface area contributed by atoms with Crippen molar-refractivity contribution in [3.63, 3.8) is 0 Å². The van der Waals surface area contributed by atoms with Gasteiger partial charge in [0.15, 0.2) is 0 Å². The maximum absolute atomic E-state index is 9.55. The molecule has 3 nitrogen and oxygen atoms in total. The molecule has 16 heavy (non-hydrogen) atoms. The zero-order valence-electron chi connectivity index (χ0n) is 9.88. The van der Waals surface area contributed by atoms with Crippen LogP contribution in [0, 0.1) is 0 Å². The number of benzene rings is 1. The maximum atomic E-state index is 9.55. The molecule has 1 rings (SSSR count). The summed E-state index contributed by atoms with van der Waals surface area (Å²) >= 11 is 5.98. The van der Waals surface area contributed by atoms with Crippen LogP contribution >= 0.6 is 11.6 Å². The Morgan fingerprint density at radius 1 is 1.44 bits per heavy atom. The van der Waals surface area contributed by atoms with E-state index in [2.05, 4.69) is 5.32 Å². The van der Waals surface area contributed by atoms with E-state index < -0.39 is 5.60 Å². The first-order valence-electron chi connectivity index (χ1n) is 5.22. The highest BCUT2D eigenvalue weighted by Crippen LogP contribution is 2.27. The Morgan fingerprint density at radius 2 is 2.12 bits per heavy atom. The number of halogens is 1. The van der Waals surface area contributed by atoms with Crippen molar-refractivity contribution in [2.24, 2.45) is 0 Å². The van der Waals surface area contributed by atoms with Gasteiger partial charge in [0.2, 0.25) is 0 Å². The molecule has 1 aromatic rings. The summed E-state index contributed by atoms with van der Waals surface area (Å²) in [7, 11) is 1.59. The average Bonchev–Trinajstić information content (AvgIpc) is 2.16. The van der Waals surface area contributed by atoms with Gasteiger partial charge in [-0.2, -0.15) is 0 Å². The highest BCUT2D eigenvalue weighted by atomic mass is 35.5. The normalized spacial score (nSPS) is 11.3. The number of hydrogen-bond acceptors (Lipinski definition) is 3. The number of aliphatic hydroxyl groups is 1. The van der Waals surface area contributed by atoms with Crippen LogP contribution in [0.1, 0.15) is 20.3 Å². The van der Waals surface area contributed by atoms with E-state index in [0.29, 0.717) is 23.7 Å². The van der Waals surface area contributed by atoms with E-state index in [0.717, 1.165) is 5.69 Å². The minimum Gasteiger partial charge on any atom is -0.495 e. The van der Waals surface area contributed by atoms with Crippen LogP contribution in [0.4, 0.5) is 5.69 Å². The standard InChI is InChI=1S/C12H18ClNO2/c1-12(2,15)6-7-14-9-4-5-11(16-3)10(13)8-9/h4-5,8,14-15H,6-7H2,1-3H3. The second-order valence-corrected chi connectivity index (χ2v) is 4.75. The second kappa shape index (κ2) is 5.41. The fourth-order valence-corrected chi connectivity index (χ4v) is 1.55. The van der Waals surface area contributed by atoms with Crippen molar-refractivity contribution in [1.82, 2.24) is 0 Å². The second-order valence-electron chi connectivity index (χ2n) is 4.34. The minimum absolute atomic E-state index is 0.579. The van der Waals surface area contributed by atoms with Crippen LogP contribution in [0.15, 0.2) is 18.2 Å². The molecule has 0 amide bonds. The van der Waals surface area contributed by atoms with Gasteiger partial charge in [0.1, 0.15) is 5.75 Å². The number of methoxy groups -OCH3 is 1. The number of anilines is 1. The lowest BCUT2D eigenvalue weighted by Crippen LogP contribution is -2.22. The van der Waals surface area contributed by atoms with Crippen LogP contribution in [-0.2, 0) is 0 Å². The fourth-order valence-electron chi connectivity index (χ4n) is 1.29. The van der Waals surface area contributed by atoms with Crippen LogP contribution in [0.3, 0.4) is 0 Å². The summed E-state index contributed by atoms with van der Waals surface area (Å²) in [5.74, 6) is 0.662. The van der Waals surface area contributed by atoms with Crippen molar-refractivity contribution in [1.29, 1.82) is 0 Å². The third kappa shape index (κ3) is 4.29. The maximum Gasteiger partial charge on any atom is 0.137 e. The van der Waals surface area contributed by atoms with Gasteiger partial charge in [0.05, 0.1) is 17.7 Å². The van der Waals surface area contributed by atoms with Gasteiger partial charge in [0.25, 0.3) is 0 Å². The molecule has 0 unspecified atom stereocenters. The Labute approximate surface area is 101 Å². The highest BCUT2D eigenvalue weighted by Gasteiger charge is 2.11. The topological polar surface area (TPSA) is 41.5 Å². The first-order valence-corrected chi connectivity index (χ1v) is 5.60. The Morgan fingerprint density at radius 3 is 2.62 bits per heavy atom. The summed E-state index contributed by atoms with van der Waals surface area (Å²) in [6.45, 7) is 4.28.